The van der Waals surface area contributed by atoms with Gasteiger partial charge in [-0.25, -0.2) is 0 Å². The minimum atomic E-state index is 0.0787. The lowest BCUT2D eigenvalue weighted by atomic mass is 10.1. The van der Waals surface area contributed by atoms with Gasteiger partial charge < -0.3 is 9.47 Å². The molecule has 20 heavy (non-hydrogen) atoms. The number of ether oxygens (including phenoxy) is 2. The van der Waals surface area contributed by atoms with Crippen molar-refractivity contribution in [2.45, 2.75) is 25.9 Å². The molecular formula is C18H24O2. The highest BCUT2D eigenvalue weighted by Gasteiger charge is 1.97. The molecule has 0 heterocycles. The van der Waals surface area contributed by atoms with Crippen molar-refractivity contribution in [1.29, 1.82) is 0 Å². The van der Waals surface area contributed by atoms with Gasteiger partial charge in [0.2, 0.25) is 0 Å². The van der Waals surface area contributed by atoms with E-state index >= 15 is 0 Å². The smallest absolute Gasteiger partial charge is 0.118 e. The van der Waals surface area contributed by atoms with Crippen LogP contribution in [0.1, 0.15) is 18.9 Å². The summed E-state index contributed by atoms with van der Waals surface area (Å²) in [4.78, 5) is 0. The van der Waals surface area contributed by atoms with E-state index in [9.17, 15) is 0 Å². The van der Waals surface area contributed by atoms with Crippen molar-refractivity contribution in [2.75, 3.05) is 13.7 Å². The zero-order valence-electron chi connectivity index (χ0n) is 12.5. The Balaban J connectivity index is 2.27. The SMILES string of the molecule is C=CC(C)OCC(=C)C/C=C\Cc1ccc(OC)cc1. The summed E-state index contributed by atoms with van der Waals surface area (Å²) in [5.41, 5.74) is 2.34. The Bertz CT molecular complexity index is 443. The first-order valence-corrected chi connectivity index (χ1v) is 6.84. The van der Waals surface area contributed by atoms with E-state index < -0.39 is 0 Å². The van der Waals surface area contributed by atoms with Crippen LogP contribution >= 0.6 is 0 Å². The summed E-state index contributed by atoms with van der Waals surface area (Å²) in [7, 11) is 1.68. The Hall–Kier alpha value is -1.80. The van der Waals surface area contributed by atoms with E-state index in [1.54, 1.807) is 13.2 Å². The first-order chi connectivity index (χ1) is 9.65. The van der Waals surface area contributed by atoms with Gasteiger partial charge in [-0.1, -0.05) is 36.9 Å². The minimum absolute atomic E-state index is 0.0787. The summed E-state index contributed by atoms with van der Waals surface area (Å²) in [6.45, 7) is 10.2. The quantitative estimate of drug-likeness (QED) is 0.623. The van der Waals surface area contributed by atoms with Gasteiger partial charge in [0, 0.05) is 0 Å². The molecule has 0 saturated carbocycles. The molecule has 0 saturated heterocycles. The summed E-state index contributed by atoms with van der Waals surface area (Å²) in [5, 5.41) is 0. The summed E-state index contributed by atoms with van der Waals surface area (Å²) in [6.07, 6.45) is 7.92. The molecule has 0 N–H and O–H groups in total. The molecule has 2 heteroatoms. The molecule has 1 aromatic carbocycles. The summed E-state index contributed by atoms with van der Waals surface area (Å²) < 4.78 is 10.7. The van der Waals surface area contributed by atoms with Crippen LogP contribution in [0.15, 0.2) is 61.2 Å². The number of hydrogen-bond donors (Lipinski definition) is 0. The van der Waals surface area contributed by atoms with Gasteiger partial charge in [-0.15, -0.1) is 6.58 Å². The highest BCUT2D eigenvalue weighted by Crippen LogP contribution is 2.12. The normalized spacial score (nSPS) is 12.3. The van der Waals surface area contributed by atoms with Gasteiger partial charge in [0.05, 0.1) is 19.8 Å². The Kier molecular flexibility index (Phi) is 7.44. The number of hydrogen-bond acceptors (Lipinski definition) is 2. The van der Waals surface area contributed by atoms with E-state index in [2.05, 4.69) is 37.4 Å². The molecule has 0 bridgehead atoms. The fraction of sp³-hybridized carbons (Fsp3) is 0.333. The maximum absolute atomic E-state index is 5.53. The van der Waals surface area contributed by atoms with Gasteiger partial charge in [0.15, 0.2) is 0 Å². The van der Waals surface area contributed by atoms with E-state index in [0.29, 0.717) is 6.61 Å². The lowest BCUT2D eigenvalue weighted by Crippen LogP contribution is -2.06. The summed E-state index contributed by atoms with van der Waals surface area (Å²) in [6, 6.07) is 8.11. The van der Waals surface area contributed by atoms with Crippen LogP contribution in [-0.2, 0) is 11.2 Å². The van der Waals surface area contributed by atoms with Gasteiger partial charge >= 0.3 is 0 Å². The second-order valence-electron chi connectivity index (χ2n) is 4.73. The molecule has 0 amide bonds. The monoisotopic (exact) mass is 272 g/mol. The lowest BCUT2D eigenvalue weighted by molar-refractivity contribution is 0.117. The van der Waals surface area contributed by atoms with Crippen molar-refractivity contribution in [3.8, 4) is 5.75 Å². The number of allylic oxidation sites excluding steroid dienone is 2. The van der Waals surface area contributed by atoms with Crippen molar-refractivity contribution in [3.05, 3.63) is 66.8 Å². The second-order valence-corrected chi connectivity index (χ2v) is 4.73. The van der Waals surface area contributed by atoms with Crippen LogP contribution in [0.5, 0.6) is 5.75 Å². The highest BCUT2D eigenvalue weighted by molar-refractivity contribution is 5.28. The summed E-state index contributed by atoms with van der Waals surface area (Å²) in [5.74, 6) is 0.889. The van der Waals surface area contributed by atoms with E-state index in [4.69, 9.17) is 9.47 Å². The third-order valence-corrected chi connectivity index (χ3v) is 2.97. The van der Waals surface area contributed by atoms with Crippen molar-refractivity contribution < 1.29 is 9.47 Å². The Morgan fingerprint density at radius 1 is 1.25 bits per heavy atom. The fourth-order valence-electron chi connectivity index (χ4n) is 1.61. The Morgan fingerprint density at radius 2 is 1.95 bits per heavy atom. The molecular weight excluding hydrogens is 248 g/mol. The van der Waals surface area contributed by atoms with Crippen molar-refractivity contribution >= 4 is 0 Å². The van der Waals surface area contributed by atoms with Crippen molar-refractivity contribution in [3.63, 3.8) is 0 Å². The van der Waals surface area contributed by atoms with E-state index in [1.165, 1.54) is 5.56 Å². The molecule has 0 aliphatic rings. The van der Waals surface area contributed by atoms with Gasteiger partial charge in [0.25, 0.3) is 0 Å². The second kappa shape index (κ2) is 9.16. The molecule has 0 aromatic heterocycles. The Labute approximate surface area is 122 Å². The standard InChI is InChI=1S/C18H24O2/c1-5-16(3)20-14-15(2)8-6-7-9-17-10-12-18(19-4)13-11-17/h5-7,10-13,16H,1-2,8-9,14H2,3-4H3/b7-6-. The van der Waals surface area contributed by atoms with Gasteiger partial charge in [-0.2, -0.15) is 0 Å². The van der Waals surface area contributed by atoms with Crippen LogP contribution in [0.25, 0.3) is 0 Å². The lowest BCUT2D eigenvalue weighted by Gasteiger charge is -2.08. The van der Waals surface area contributed by atoms with Crippen LogP contribution in [-0.4, -0.2) is 19.8 Å². The highest BCUT2D eigenvalue weighted by atomic mass is 16.5. The van der Waals surface area contributed by atoms with Crippen LogP contribution in [0.2, 0.25) is 0 Å². The van der Waals surface area contributed by atoms with Gasteiger partial charge in [-0.3, -0.25) is 0 Å². The third kappa shape index (κ3) is 6.39. The predicted molar refractivity (Wildman–Crippen MR) is 85.2 cm³/mol. The topological polar surface area (TPSA) is 18.5 Å². The number of rotatable bonds is 9. The fourth-order valence-corrected chi connectivity index (χ4v) is 1.61. The van der Waals surface area contributed by atoms with Crippen LogP contribution in [0.4, 0.5) is 0 Å². The molecule has 1 rings (SSSR count). The molecule has 0 fully saturated rings. The van der Waals surface area contributed by atoms with Crippen LogP contribution in [0.3, 0.4) is 0 Å². The number of benzene rings is 1. The average Bonchev–Trinajstić information content (AvgIpc) is 2.49. The minimum Gasteiger partial charge on any atom is -0.497 e. The molecule has 108 valence electrons. The maximum Gasteiger partial charge on any atom is 0.118 e. The predicted octanol–water partition coefficient (Wildman–Crippen LogP) is 4.33. The largest absolute Gasteiger partial charge is 0.497 e. The van der Waals surface area contributed by atoms with Crippen LogP contribution < -0.4 is 4.74 Å². The molecule has 1 unspecified atom stereocenters. The van der Waals surface area contributed by atoms with Gasteiger partial charge in [-0.05, 0) is 43.0 Å². The van der Waals surface area contributed by atoms with E-state index in [1.807, 2.05) is 19.1 Å². The molecule has 2 nitrogen and oxygen atoms in total. The first kappa shape index (κ1) is 16.3. The van der Waals surface area contributed by atoms with Crippen molar-refractivity contribution in [1.82, 2.24) is 0 Å². The molecule has 0 aliphatic heterocycles. The molecule has 0 radical (unpaired) electrons. The molecule has 1 atom stereocenters. The Morgan fingerprint density at radius 3 is 2.55 bits per heavy atom. The van der Waals surface area contributed by atoms with E-state index in [0.717, 1.165) is 24.2 Å². The zero-order valence-corrected chi connectivity index (χ0v) is 12.5. The molecule has 0 aliphatic carbocycles. The molecule has 0 spiro atoms. The van der Waals surface area contributed by atoms with Gasteiger partial charge in [0.1, 0.15) is 5.75 Å². The molecule has 1 aromatic rings. The average molecular weight is 272 g/mol. The number of methoxy groups -OCH3 is 1. The summed E-state index contributed by atoms with van der Waals surface area (Å²) >= 11 is 0. The van der Waals surface area contributed by atoms with E-state index in [-0.39, 0.29) is 6.10 Å². The maximum atomic E-state index is 5.53. The third-order valence-electron chi connectivity index (χ3n) is 2.97. The van der Waals surface area contributed by atoms with Crippen molar-refractivity contribution in [2.24, 2.45) is 0 Å². The zero-order chi connectivity index (χ0) is 14.8. The van der Waals surface area contributed by atoms with Crippen LogP contribution in [0, 0.1) is 0 Å². The first-order valence-electron chi connectivity index (χ1n) is 6.84.